The van der Waals surface area contributed by atoms with E-state index in [4.69, 9.17) is 4.74 Å². The predicted molar refractivity (Wildman–Crippen MR) is 84.1 cm³/mol. The van der Waals surface area contributed by atoms with Crippen LogP contribution in [0.15, 0.2) is 34.8 Å². The topological polar surface area (TPSA) is 101 Å². The Morgan fingerprint density at radius 3 is 2.77 bits per heavy atom. The van der Waals surface area contributed by atoms with Gasteiger partial charge in [0, 0.05) is 0 Å². The highest BCUT2D eigenvalue weighted by molar-refractivity contribution is 9.10. The van der Waals surface area contributed by atoms with Crippen LogP contribution in [0.3, 0.4) is 0 Å². The van der Waals surface area contributed by atoms with Gasteiger partial charge in [-0.15, -0.1) is 0 Å². The van der Waals surface area contributed by atoms with Crippen molar-refractivity contribution in [1.82, 2.24) is 9.97 Å². The lowest BCUT2D eigenvalue weighted by atomic mass is 10.1. The Morgan fingerprint density at radius 1 is 1.41 bits per heavy atom. The largest absolute Gasteiger partial charge is 0.504 e. The molecule has 112 valence electrons. The lowest BCUT2D eigenvalue weighted by molar-refractivity contribution is -0.385. The maximum Gasteiger partial charge on any atom is 0.288 e. The molecule has 8 heteroatoms. The molecule has 0 saturated carbocycles. The normalized spacial score (nSPS) is 10.8. The molecule has 2 N–H and O–H groups in total. The number of aromatic amines is 1. The van der Waals surface area contributed by atoms with Gasteiger partial charge in [0.25, 0.3) is 5.69 Å². The molecule has 1 aromatic heterocycles. The second-order valence-electron chi connectivity index (χ2n) is 4.50. The number of hydrogen-bond donors (Lipinski definition) is 2. The van der Waals surface area contributed by atoms with Crippen molar-refractivity contribution in [1.29, 1.82) is 0 Å². The smallest absolute Gasteiger partial charge is 0.288 e. The Bertz CT molecular complexity index is 858. The van der Waals surface area contributed by atoms with E-state index in [9.17, 15) is 15.2 Å². The summed E-state index contributed by atoms with van der Waals surface area (Å²) >= 11 is 3.17. The van der Waals surface area contributed by atoms with Gasteiger partial charge in [-0.2, -0.15) is 0 Å². The highest BCUT2D eigenvalue weighted by Crippen LogP contribution is 2.46. The molecule has 0 aliphatic heterocycles. The van der Waals surface area contributed by atoms with Gasteiger partial charge in [-0.25, -0.2) is 4.98 Å². The molecule has 0 atom stereocenters. The number of nitrogens with one attached hydrogen (secondary N) is 1. The van der Waals surface area contributed by atoms with E-state index in [1.165, 1.54) is 7.11 Å². The Morgan fingerprint density at radius 2 is 2.14 bits per heavy atom. The SMILES string of the molecule is COc1cc([N+](=O)[O-])c(Br)c(-c2nc3ccccc3[nH]2)c1O. The molecule has 0 radical (unpaired) electrons. The second-order valence-corrected chi connectivity index (χ2v) is 5.29. The number of phenols is 1. The Balaban J connectivity index is 2.33. The second kappa shape index (κ2) is 5.30. The zero-order chi connectivity index (χ0) is 15.9. The summed E-state index contributed by atoms with van der Waals surface area (Å²) in [6.07, 6.45) is 0. The fourth-order valence-corrected chi connectivity index (χ4v) is 2.82. The molecule has 0 amide bonds. The van der Waals surface area contributed by atoms with Gasteiger partial charge in [0.05, 0.1) is 34.7 Å². The van der Waals surface area contributed by atoms with Crippen LogP contribution >= 0.6 is 15.9 Å². The molecular formula is C14H10BrN3O4. The molecule has 3 aromatic rings. The summed E-state index contributed by atoms with van der Waals surface area (Å²) in [5, 5.41) is 21.5. The van der Waals surface area contributed by atoms with E-state index >= 15 is 0 Å². The van der Waals surface area contributed by atoms with Crippen molar-refractivity contribution in [3.05, 3.63) is 44.9 Å². The molecule has 1 heterocycles. The van der Waals surface area contributed by atoms with Crippen molar-refractivity contribution >= 4 is 32.7 Å². The zero-order valence-corrected chi connectivity index (χ0v) is 12.9. The highest BCUT2D eigenvalue weighted by Gasteiger charge is 2.26. The number of fused-ring (bicyclic) bond motifs is 1. The minimum atomic E-state index is -0.557. The quantitative estimate of drug-likeness (QED) is 0.546. The third-order valence-corrected chi connectivity index (χ3v) is 4.03. The molecule has 7 nitrogen and oxygen atoms in total. The lowest BCUT2D eigenvalue weighted by Gasteiger charge is -2.09. The van der Waals surface area contributed by atoms with E-state index < -0.39 is 4.92 Å². The van der Waals surface area contributed by atoms with Gasteiger partial charge in [-0.1, -0.05) is 12.1 Å². The van der Waals surface area contributed by atoms with Crippen LogP contribution in [-0.2, 0) is 0 Å². The highest BCUT2D eigenvalue weighted by atomic mass is 79.9. The van der Waals surface area contributed by atoms with Crippen LogP contribution in [0.1, 0.15) is 0 Å². The number of imidazole rings is 1. The molecule has 22 heavy (non-hydrogen) atoms. The zero-order valence-electron chi connectivity index (χ0n) is 11.3. The predicted octanol–water partition coefficient (Wildman–Crippen LogP) is 3.61. The average Bonchev–Trinajstić information content (AvgIpc) is 2.90. The van der Waals surface area contributed by atoms with Crippen molar-refractivity contribution in [3.63, 3.8) is 0 Å². The number of phenolic OH excluding ortho intramolecular Hbond substituents is 1. The number of methoxy groups -OCH3 is 1. The van der Waals surface area contributed by atoms with Gasteiger partial charge in [-0.3, -0.25) is 10.1 Å². The number of rotatable bonds is 3. The molecule has 0 unspecified atom stereocenters. The first-order valence-corrected chi connectivity index (χ1v) is 7.01. The van der Waals surface area contributed by atoms with Crippen LogP contribution in [-0.4, -0.2) is 27.1 Å². The van der Waals surface area contributed by atoms with Gasteiger partial charge >= 0.3 is 0 Å². The summed E-state index contributed by atoms with van der Waals surface area (Å²) in [5.74, 6) is 0.0944. The van der Waals surface area contributed by atoms with Crippen molar-refractivity contribution in [2.75, 3.05) is 7.11 Å². The maximum absolute atomic E-state index is 11.2. The van der Waals surface area contributed by atoms with E-state index in [1.807, 2.05) is 18.2 Å². The number of hydrogen-bond acceptors (Lipinski definition) is 5. The monoisotopic (exact) mass is 363 g/mol. The minimum absolute atomic E-state index is 0.00496. The Kier molecular flexibility index (Phi) is 3.45. The van der Waals surface area contributed by atoms with Crippen molar-refractivity contribution in [2.45, 2.75) is 0 Å². The van der Waals surface area contributed by atoms with E-state index in [0.717, 1.165) is 11.6 Å². The van der Waals surface area contributed by atoms with Crippen molar-refractivity contribution in [3.8, 4) is 22.9 Å². The molecule has 0 bridgehead atoms. The molecule has 0 aliphatic rings. The first kappa shape index (κ1) is 14.3. The van der Waals surface area contributed by atoms with Gasteiger partial charge < -0.3 is 14.8 Å². The summed E-state index contributed by atoms with van der Waals surface area (Å²) in [6.45, 7) is 0. The molecule has 0 aliphatic carbocycles. The fraction of sp³-hybridized carbons (Fsp3) is 0.0714. The van der Waals surface area contributed by atoms with E-state index in [2.05, 4.69) is 25.9 Å². The van der Waals surface area contributed by atoms with Crippen LogP contribution in [0.25, 0.3) is 22.4 Å². The summed E-state index contributed by atoms with van der Waals surface area (Å²) in [6, 6.07) is 8.45. The number of nitrogens with zero attached hydrogens (tertiary/aromatic N) is 2. The first-order chi connectivity index (χ1) is 10.5. The number of nitro benzene ring substituents is 1. The van der Waals surface area contributed by atoms with Crippen molar-refractivity contribution < 1.29 is 14.8 Å². The number of para-hydroxylation sites is 2. The molecule has 0 saturated heterocycles. The summed E-state index contributed by atoms with van der Waals surface area (Å²) in [5.41, 5.74) is 1.41. The van der Waals surface area contributed by atoms with Gasteiger partial charge in [0.1, 0.15) is 10.3 Å². The van der Waals surface area contributed by atoms with Crippen LogP contribution in [0.4, 0.5) is 5.69 Å². The minimum Gasteiger partial charge on any atom is -0.504 e. The molecule has 3 rings (SSSR count). The number of ether oxygens (including phenoxy) is 1. The molecule has 0 fully saturated rings. The Hall–Kier alpha value is -2.61. The fourth-order valence-electron chi connectivity index (χ4n) is 2.19. The number of halogens is 1. The molecule has 2 aromatic carbocycles. The number of H-pyrrole nitrogens is 1. The third kappa shape index (κ3) is 2.17. The third-order valence-electron chi connectivity index (χ3n) is 3.23. The van der Waals surface area contributed by atoms with E-state index in [1.54, 1.807) is 6.07 Å². The Labute approximate surface area is 132 Å². The van der Waals surface area contributed by atoms with E-state index in [0.29, 0.717) is 11.3 Å². The van der Waals surface area contributed by atoms with Crippen LogP contribution in [0.5, 0.6) is 11.5 Å². The number of benzene rings is 2. The standard InChI is InChI=1S/C14H10BrN3O4/c1-22-10-6-9(18(20)21)12(15)11(13(10)19)14-16-7-4-2-3-5-8(7)17-14/h2-6,19H,1H3,(H,16,17). The van der Waals surface area contributed by atoms with Crippen LogP contribution in [0.2, 0.25) is 0 Å². The lowest BCUT2D eigenvalue weighted by Crippen LogP contribution is -1.96. The van der Waals surface area contributed by atoms with E-state index in [-0.39, 0.29) is 27.2 Å². The summed E-state index contributed by atoms with van der Waals surface area (Å²) < 4.78 is 5.14. The van der Waals surface area contributed by atoms with Gasteiger partial charge in [0.2, 0.25) is 0 Å². The molecule has 0 spiro atoms. The number of nitro groups is 1. The van der Waals surface area contributed by atoms with Gasteiger partial charge in [0.15, 0.2) is 11.5 Å². The summed E-state index contributed by atoms with van der Waals surface area (Å²) in [7, 11) is 1.33. The van der Waals surface area contributed by atoms with Crippen molar-refractivity contribution in [2.24, 2.45) is 0 Å². The summed E-state index contributed by atoms with van der Waals surface area (Å²) in [4.78, 5) is 18.0. The van der Waals surface area contributed by atoms with Gasteiger partial charge in [-0.05, 0) is 28.1 Å². The maximum atomic E-state index is 11.2. The molecular weight excluding hydrogens is 354 g/mol. The number of aromatic hydroxyl groups is 1. The first-order valence-electron chi connectivity index (χ1n) is 6.22. The van der Waals surface area contributed by atoms with Crippen LogP contribution < -0.4 is 4.74 Å². The van der Waals surface area contributed by atoms with Crippen LogP contribution in [0, 0.1) is 10.1 Å². The number of aromatic nitrogens is 2. The average molecular weight is 364 g/mol.